The minimum absolute atomic E-state index is 0.0226. The normalized spacial score (nSPS) is 14.4. The van der Waals surface area contributed by atoms with Gasteiger partial charge in [-0.3, -0.25) is 4.79 Å². The Kier molecular flexibility index (Phi) is 5.63. The number of carbonyl (C=O) groups excluding carboxylic acids is 1. The van der Waals surface area contributed by atoms with E-state index in [4.69, 9.17) is 8.83 Å². The van der Waals surface area contributed by atoms with Crippen LogP contribution in [0.15, 0.2) is 50.0 Å². The van der Waals surface area contributed by atoms with Crippen molar-refractivity contribution in [3.63, 3.8) is 0 Å². The van der Waals surface area contributed by atoms with Crippen molar-refractivity contribution < 1.29 is 18.0 Å². The number of carbonyl (C=O) groups is 1. The van der Waals surface area contributed by atoms with Crippen LogP contribution in [0.25, 0.3) is 21.9 Å². The Bertz CT molecular complexity index is 1440. The maximum Gasteiger partial charge on any atom is 0.339 e. The van der Waals surface area contributed by atoms with Crippen molar-refractivity contribution in [3.8, 4) is 0 Å². The van der Waals surface area contributed by atoms with Crippen molar-refractivity contribution >= 4 is 33.5 Å². The first-order valence-electron chi connectivity index (χ1n) is 11.6. The van der Waals surface area contributed by atoms with Crippen molar-refractivity contribution in [3.05, 3.63) is 75.1 Å². The number of anilines is 1. The zero-order chi connectivity index (χ0) is 24.0. The summed E-state index contributed by atoms with van der Waals surface area (Å²) >= 11 is 0. The summed E-state index contributed by atoms with van der Waals surface area (Å²) in [6, 6.07) is 10.2. The van der Waals surface area contributed by atoms with Gasteiger partial charge < -0.3 is 18.6 Å². The number of rotatable bonds is 4. The fraction of sp³-hybridized carbons (Fsp3) is 0.333. The van der Waals surface area contributed by atoms with Gasteiger partial charge in [-0.15, -0.1) is 0 Å². The van der Waals surface area contributed by atoms with Gasteiger partial charge in [0.1, 0.15) is 22.7 Å². The Balaban J connectivity index is 1.29. The third kappa shape index (κ3) is 3.95. The molecule has 1 aliphatic heterocycles. The van der Waals surface area contributed by atoms with Gasteiger partial charge >= 0.3 is 5.63 Å². The second-order valence-electron chi connectivity index (χ2n) is 8.97. The first-order chi connectivity index (χ1) is 16.3. The Morgan fingerprint density at radius 1 is 0.912 bits per heavy atom. The predicted molar refractivity (Wildman–Crippen MR) is 130 cm³/mol. The summed E-state index contributed by atoms with van der Waals surface area (Å²) in [6.45, 7) is 8.41. The highest BCUT2D eigenvalue weighted by Gasteiger charge is 2.22. The van der Waals surface area contributed by atoms with E-state index in [2.05, 4.69) is 4.90 Å². The van der Waals surface area contributed by atoms with Gasteiger partial charge in [-0.2, -0.15) is 0 Å². The number of piperazine rings is 1. The lowest BCUT2D eigenvalue weighted by molar-refractivity contribution is -0.131. The fourth-order valence-corrected chi connectivity index (χ4v) is 4.77. The summed E-state index contributed by atoms with van der Waals surface area (Å²) in [5, 5.41) is 1.87. The number of amides is 1. The summed E-state index contributed by atoms with van der Waals surface area (Å²) in [7, 11) is 0. The number of hydrogen-bond acceptors (Lipinski definition) is 5. The Morgan fingerprint density at radius 3 is 2.26 bits per heavy atom. The average Bonchev–Trinajstić information content (AvgIpc) is 3.11. The van der Waals surface area contributed by atoms with E-state index in [1.807, 2.05) is 31.7 Å². The number of aryl methyl sites for hydroxylation is 3. The largest absolute Gasteiger partial charge is 0.461 e. The number of furan rings is 1. The van der Waals surface area contributed by atoms with Crippen molar-refractivity contribution in [2.45, 2.75) is 33.6 Å². The van der Waals surface area contributed by atoms with Crippen molar-refractivity contribution in [2.75, 3.05) is 31.1 Å². The summed E-state index contributed by atoms with van der Waals surface area (Å²) in [5.41, 5.74) is 4.21. The molecule has 0 bridgehead atoms. The predicted octanol–water partition coefficient (Wildman–Crippen LogP) is 4.88. The van der Waals surface area contributed by atoms with Crippen LogP contribution in [0.5, 0.6) is 0 Å². The van der Waals surface area contributed by atoms with Crippen molar-refractivity contribution in [2.24, 2.45) is 0 Å². The molecule has 0 saturated carbocycles. The van der Waals surface area contributed by atoms with Gasteiger partial charge in [0.2, 0.25) is 5.91 Å². The SMILES string of the molecule is Cc1oc2cc3oc(=O)c(CCC(=O)N4CCN(c5ccc(F)cc5)CC4)c(C)c3cc2c1C. The van der Waals surface area contributed by atoms with Crippen LogP contribution in [0.2, 0.25) is 0 Å². The number of fused-ring (bicyclic) bond motifs is 2. The number of hydrogen-bond donors (Lipinski definition) is 0. The highest BCUT2D eigenvalue weighted by molar-refractivity contribution is 5.96. The molecule has 1 fully saturated rings. The molecule has 1 amide bonds. The molecule has 4 aromatic rings. The zero-order valence-electron chi connectivity index (χ0n) is 19.6. The van der Waals surface area contributed by atoms with Gasteiger partial charge in [-0.05, 0) is 68.7 Å². The summed E-state index contributed by atoms with van der Waals surface area (Å²) in [5.74, 6) is 0.607. The molecule has 0 radical (unpaired) electrons. The van der Waals surface area contributed by atoms with Crippen LogP contribution in [0.3, 0.4) is 0 Å². The number of nitrogens with zero attached hydrogens (tertiary/aromatic N) is 2. The molecule has 2 aromatic carbocycles. The fourth-order valence-electron chi connectivity index (χ4n) is 4.77. The van der Waals surface area contributed by atoms with E-state index >= 15 is 0 Å². The second kappa shape index (κ2) is 8.63. The van der Waals surface area contributed by atoms with E-state index in [9.17, 15) is 14.0 Å². The maximum absolute atomic E-state index is 13.2. The van der Waals surface area contributed by atoms with E-state index in [0.29, 0.717) is 49.3 Å². The van der Waals surface area contributed by atoms with Crippen molar-refractivity contribution in [1.29, 1.82) is 0 Å². The van der Waals surface area contributed by atoms with Gasteiger partial charge in [-0.25, -0.2) is 9.18 Å². The summed E-state index contributed by atoms with van der Waals surface area (Å²) < 4.78 is 24.6. The summed E-state index contributed by atoms with van der Waals surface area (Å²) in [6.07, 6.45) is 0.586. The molecule has 1 saturated heterocycles. The lowest BCUT2D eigenvalue weighted by Crippen LogP contribution is -2.48. The van der Waals surface area contributed by atoms with E-state index in [1.54, 1.807) is 18.2 Å². The highest BCUT2D eigenvalue weighted by atomic mass is 19.1. The first kappa shape index (κ1) is 22.2. The average molecular weight is 463 g/mol. The highest BCUT2D eigenvalue weighted by Crippen LogP contribution is 2.31. The molecule has 0 aliphatic carbocycles. The Labute approximate surface area is 196 Å². The van der Waals surface area contributed by atoms with Crippen LogP contribution >= 0.6 is 0 Å². The molecule has 0 unspecified atom stereocenters. The number of halogens is 1. The van der Waals surface area contributed by atoms with Crippen LogP contribution < -0.4 is 10.5 Å². The number of benzene rings is 2. The molecule has 6 nitrogen and oxygen atoms in total. The molecule has 3 heterocycles. The smallest absolute Gasteiger partial charge is 0.339 e. The van der Waals surface area contributed by atoms with Crippen LogP contribution in [-0.4, -0.2) is 37.0 Å². The Hall–Kier alpha value is -3.61. The van der Waals surface area contributed by atoms with Crippen LogP contribution in [0.4, 0.5) is 10.1 Å². The first-order valence-corrected chi connectivity index (χ1v) is 11.6. The molecule has 1 aliphatic rings. The van der Waals surface area contributed by atoms with Gasteiger partial charge in [0.25, 0.3) is 0 Å². The van der Waals surface area contributed by atoms with Gasteiger partial charge in [0, 0.05) is 60.7 Å². The molecular weight excluding hydrogens is 435 g/mol. The molecule has 176 valence electrons. The van der Waals surface area contributed by atoms with Gasteiger partial charge in [0.05, 0.1) is 0 Å². The lowest BCUT2D eigenvalue weighted by Gasteiger charge is -2.36. The molecule has 5 rings (SSSR count). The van der Waals surface area contributed by atoms with Gasteiger partial charge in [0.15, 0.2) is 0 Å². The molecule has 2 aromatic heterocycles. The van der Waals surface area contributed by atoms with E-state index in [1.165, 1.54) is 12.1 Å². The topological polar surface area (TPSA) is 66.9 Å². The molecule has 0 spiro atoms. The van der Waals surface area contributed by atoms with Crippen LogP contribution in [0.1, 0.15) is 28.9 Å². The third-order valence-electron chi connectivity index (χ3n) is 7.00. The monoisotopic (exact) mass is 462 g/mol. The van der Waals surface area contributed by atoms with Gasteiger partial charge in [-0.1, -0.05) is 0 Å². The quantitative estimate of drug-likeness (QED) is 0.404. The second-order valence-corrected chi connectivity index (χ2v) is 8.97. The molecule has 34 heavy (non-hydrogen) atoms. The maximum atomic E-state index is 13.2. The zero-order valence-corrected chi connectivity index (χ0v) is 19.6. The minimum atomic E-state index is -0.404. The molecular formula is C27H27FN2O4. The minimum Gasteiger partial charge on any atom is -0.461 e. The Morgan fingerprint density at radius 2 is 1.56 bits per heavy atom. The molecule has 7 heteroatoms. The molecule has 0 N–H and O–H groups in total. The van der Waals surface area contributed by atoms with Crippen LogP contribution in [0, 0.1) is 26.6 Å². The standard InChI is InChI=1S/C27H27FN2O4/c1-16-18(3)33-24-15-25-23(14-22(16)24)17(2)21(27(32)34-25)8-9-26(31)30-12-10-29(11-13-30)20-6-4-19(28)5-7-20/h4-7,14-15H,8-13H2,1-3H3. The van der Waals surface area contributed by atoms with Crippen molar-refractivity contribution in [1.82, 2.24) is 4.90 Å². The summed E-state index contributed by atoms with van der Waals surface area (Å²) in [4.78, 5) is 29.6. The van der Waals surface area contributed by atoms with E-state index in [0.717, 1.165) is 33.3 Å². The third-order valence-corrected chi connectivity index (χ3v) is 7.00. The lowest BCUT2D eigenvalue weighted by atomic mass is 10.00. The van der Waals surface area contributed by atoms with E-state index in [-0.39, 0.29) is 18.1 Å². The molecule has 0 atom stereocenters. The van der Waals surface area contributed by atoms with E-state index < -0.39 is 5.63 Å². The van der Waals surface area contributed by atoms with Crippen LogP contribution in [-0.2, 0) is 11.2 Å².